The van der Waals surface area contributed by atoms with Crippen molar-refractivity contribution in [3.8, 4) is 11.5 Å². The molecule has 1 aliphatic carbocycles. The molecule has 102 valence electrons. The van der Waals surface area contributed by atoms with Crippen molar-refractivity contribution < 1.29 is 10.2 Å². The van der Waals surface area contributed by atoms with Gasteiger partial charge < -0.3 is 10.2 Å². The Balaban J connectivity index is 0.000000771. The number of hydrogen-bond donors (Lipinski definition) is 2. The summed E-state index contributed by atoms with van der Waals surface area (Å²) in [7, 11) is 0. The SMILES string of the molecule is CC.CCC1CCc2cc(O)c(O)cc2C1CC. The maximum Gasteiger partial charge on any atom is 0.157 e. The number of phenols is 2. The zero-order chi connectivity index (χ0) is 13.7. The zero-order valence-corrected chi connectivity index (χ0v) is 12.0. The number of aromatic hydroxyl groups is 2. The van der Waals surface area contributed by atoms with Gasteiger partial charge in [0.25, 0.3) is 0 Å². The molecule has 0 saturated carbocycles. The summed E-state index contributed by atoms with van der Waals surface area (Å²) in [5.74, 6) is 1.30. The van der Waals surface area contributed by atoms with Gasteiger partial charge in [-0.1, -0.05) is 34.1 Å². The lowest BCUT2D eigenvalue weighted by Crippen LogP contribution is -2.19. The maximum absolute atomic E-state index is 9.60. The van der Waals surface area contributed by atoms with Crippen LogP contribution in [0.3, 0.4) is 0 Å². The smallest absolute Gasteiger partial charge is 0.157 e. The molecule has 2 atom stereocenters. The third-order valence-electron chi connectivity index (χ3n) is 3.95. The van der Waals surface area contributed by atoms with Crippen LogP contribution in [0.25, 0.3) is 0 Å². The molecule has 0 radical (unpaired) electrons. The normalized spacial score (nSPS) is 21.8. The summed E-state index contributed by atoms with van der Waals surface area (Å²) in [4.78, 5) is 0. The lowest BCUT2D eigenvalue weighted by molar-refractivity contribution is 0.347. The third kappa shape index (κ3) is 2.80. The summed E-state index contributed by atoms with van der Waals surface area (Å²) in [5.41, 5.74) is 2.46. The summed E-state index contributed by atoms with van der Waals surface area (Å²) in [6, 6.07) is 3.50. The van der Waals surface area contributed by atoms with E-state index < -0.39 is 0 Å². The van der Waals surface area contributed by atoms with E-state index in [9.17, 15) is 10.2 Å². The first-order valence-electron chi connectivity index (χ1n) is 7.22. The van der Waals surface area contributed by atoms with Gasteiger partial charge in [0, 0.05) is 0 Å². The average Bonchev–Trinajstić information content (AvgIpc) is 2.41. The summed E-state index contributed by atoms with van der Waals surface area (Å²) in [6.07, 6.45) is 4.53. The van der Waals surface area contributed by atoms with Gasteiger partial charge in [0.15, 0.2) is 11.5 Å². The standard InChI is InChI=1S/C14H20O2.C2H6/c1-3-9-5-6-10-7-13(15)14(16)8-12(10)11(9)4-2;1-2/h7-9,11,15-16H,3-6H2,1-2H3;1-2H3. The molecule has 2 rings (SSSR count). The van der Waals surface area contributed by atoms with Crippen molar-refractivity contribution in [1.29, 1.82) is 0 Å². The largest absolute Gasteiger partial charge is 0.504 e. The van der Waals surface area contributed by atoms with Gasteiger partial charge in [-0.25, -0.2) is 0 Å². The van der Waals surface area contributed by atoms with Gasteiger partial charge >= 0.3 is 0 Å². The van der Waals surface area contributed by atoms with Gasteiger partial charge in [-0.05, 0) is 54.4 Å². The molecule has 2 heteroatoms. The fourth-order valence-corrected chi connectivity index (χ4v) is 3.04. The van der Waals surface area contributed by atoms with Crippen molar-refractivity contribution in [3.63, 3.8) is 0 Å². The van der Waals surface area contributed by atoms with E-state index in [2.05, 4.69) is 13.8 Å². The van der Waals surface area contributed by atoms with Gasteiger partial charge in [0.05, 0.1) is 0 Å². The molecule has 0 aromatic heterocycles. The van der Waals surface area contributed by atoms with Gasteiger partial charge in [-0.2, -0.15) is 0 Å². The van der Waals surface area contributed by atoms with Crippen LogP contribution in [0.1, 0.15) is 64.0 Å². The Morgan fingerprint density at radius 3 is 2.22 bits per heavy atom. The van der Waals surface area contributed by atoms with E-state index in [-0.39, 0.29) is 11.5 Å². The first-order chi connectivity index (χ1) is 8.67. The molecule has 0 bridgehead atoms. The van der Waals surface area contributed by atoms with Crippen molar-refractivity contribution in [2.75, 3.05) is 0 Å². The molecular formula is C16H26O2. The van der Waals surface area contributed by atoms with E-state index in [1.54, 1.807) is 12.1 Å². The topological polar surface area (TPSA) is 40.5 Å². The van der Waals surface area contributed by atoms with E-state index in [0.717, 1.165) is 18.8 Å². The van der Waals surface area contributed by atoms with Crippen molar-refractivity contribution in [1.82, 2.24) is 0 Å². The minimum atomic E-state index is 0.0172. The summed E-state index contributed by atoms with van der Waals surface area (Å²) in [5, 5.41) is 19.1. The number of fused-ring (bicyclic) bond motifs is 1. The molecule has 1 aromatic rings. The molecule has 0 heterocycles. The van der Waals surface area contributed by atoms with E-state index in [1.807, 2.05) is 13.8 Å². The monoisotopic (exact) mass is 250 g/mol. The van der Waals surface area contributed by atoms with Crippen LogP contribution in [0, 0.1) is 5.92 Å². The van der Waals surface area contributed by atoms with Crippen LogP contribution in [0.5, 0.6) is 11.5 Å². The number of rotatable bonds is 2. The van der Waals surface area contributed by atoms with Crippen LogP contribution < -0.4 is 0 Å². The highest BCUT2D eigenvalue weighted by Crippen LogP contribution is 2.43. The summed E-state index contributed by atoms with van der Waals surface area (Å²) in [6.45, 7) is 8.44. The zero-order valence-electron chi connectivity index (χ0n) is 12.0. The molecule has 2 unspecified atom stereocenters. The van der Waals surface area contributed by atoms with E-state index in [0.29, 0.717) is 5.92 Å². The molecule has 1 aromatic carbocycles. The minimum absolute atomic E-state index is 0.0172. The number of benzene rings is 1. The van der Waals surface area contributed by atoms with Crippen LogP contribution in [-0.2, 0) is 6.42 Å². The first-order valence-corrected chi connectivity index (χ1v) is 7.22. The second-order valence-corrected chi connectivity index (χ2v) is 4.76. The van der Waals surface area contributed by atoms with Crippen molar-refractivity contribution in [3.05, 3.63) is 23.3 Å². The first kappa shape index (κ1) is 14.9. The second kappa shape index (κ2) is 6.67. The lowest BCUT2D eigenvalue weighted by atomic mass is 9.72. The molecule has 1 aliphatic rings. The van der Waals surface area contributed by atoms with Crippen LogP contribution in [0.4, 0.5) is 0 Å². The second-order valence-electron chi connectivity index (χ2n) is 4.76. The van der Waals surface area contributed by atoms with Crippen LogP contribution in [-0.4, -0.2) is 10.2 Å². The third-order valence-corrected chi connectivity index (χ3v) is 3.95. The number of hydrogen-bond acceptors (Lipinski definition) is 2. The van der Waals surface area contributed by atoms with Gasteiger partial charge in [0.1, 0.15) is 0 Å². The van der Waals surface area contributed by atoms with Gasteiger partial charge in [-0.15, -0.1) is 0 Å². The number of aryl methyl sites for hydroxylation is 1. The molecule has 18 heavy (non-hydrogen) atoms. The maximum atomic E-state index is 9.60. The minimum Gasteiger partial charge on any atom is -0.504 e. The van der Waals surface area contributed by atoms with E-state index in [4.69, 9.17) is 0 Å². The Morgan fingerprint density at radius 2 is 1.67 bits per heavy atom. The lowest BCUT2D eigenvalue weighted by Gasteiger charge is -2.32. The highest BCUT2D eigenvalue weighted by molar-refractivity contribution is 5.48. The van der Waals surface area contributed by atoms with Crippen molar-refractivity contribution in [2.45, 2.75) is 59.3 Å². The Hall–Kier alpha value is -1.18. The molecule has 0 fully saturated rings. The summed E-state index contributed by atoms with van der Waals surface area (Å²) >= 11 is 0. The molecule has 0 amide bonds. The fourth-order valence-electron chi connectivity index (χ4n) is 3.04. The summed E-state index contributed by atoms with van der Waals surface area (Å²) < 4.78 is 0. The van der Waals surface area contributed by atoms with E-state index >= 15 is 0 Å². The van der Waals surface area contributed by atoms with E-state index in [1.165, 1.54) is 24.0 Å². The highest BCUT2D eigenvalue weighted by Gasteiger charge is 2.28. The Kier molecular flexibility index (Phi) is 5.52. The predicted octanol–water partition coefficient (Wildman–Crippen LogP) is 4.59. The molecule has 2 nitrogen and oxygen atoms in total. The Labute approximate surface area is 111 Å². The highest BCUT2D eigenvalue weighted by atomic mass is 16.3. The molecular weight excluding hydrogens is 224 g/mol. The van der Waals surface area contributed by atoms with Crippen LogP contribution in [0.2, 0.25) is 0 Å². The fraction of sp³-hybridized carbons (Fsp3) is 0.625. The van der Waals surface area contributed by atoms with Crippen molar-refractivity contribution >= 4 is 0 Å². The number of phenolic OH excluding ortho intramolecular Hbond substituents is 2. The predicted molar refractivity (Wildman–Crippen MR) is 76.3 cm³/mol. The molecule has 0 saturated heterocycles. The van der Waals surface area contributed by atoms with Crippen LogP contribution >= 0.6 is 0 Å². The van der Waals surface area contributed by atoms with Gasteiger partial charge in [0.2, 0.25) is 0 Å². The quantitative estimate of drug-likeness (QED) is 0.754. The van der Waals surface area contributed by atoms with Crippen molar-refractivity contribution in [2.24, 2.45) is 5.92 Å². The molecule has 0 spiro atoms. The Morgan fingerprint density at radius 1 is 1.06 bits per heavy atom. The molecule has 0 aliphatic heterocycles. The Bertz CT molecular complexity index is 385. The van der Waals surface area contributed by atoms with Gasteiger partial charge in [-0.3, -0.25) is 0 Å². The molecule has 2 N–H and O–H groups in total. The average molecular weight is 250 g/mol. The van der Waals surface area contributed by atoms with Crippen LogP contribution in [0.15, 0.2) is 12.1 Å².